The molecule has 3 heteroatoms. The Labute approximate surface area is 56.4 Å². The van der Waals surface area contributed by atoms with Crippen LogP contribution >= 0.6 is 23.1 Å². The summed E-state index contributed by atoms with van der Waals surface area (Å²) in [4.78, 5) is 0.968. The van der Waals surface area contributed by atoms with Crippen LogP contribution in [0, 0.1) is 0 Å². The monoisotopic (exact) mass is 146 g/mol. The van der Waals surface area contributed by atoms with Gasteiger partial charge in [-0.3, -0.25) is 0 Å². The number of hydrogen-bond donors (Lipinski definition) is 1. The van der Waals surface area contributed by atoms with E-state index in [4.69, 9.17) is 5.11 Å². The van der Waals surface area contributed by atoms with Crippen LogP contribution in [-0.4, -0.2) is 11.4 Å². The molecule has 0 aliphatic heterocycles. The number of rotatable bonds is 1. The molecule has 1 nitrogen and oxygen atoms in total. The van der Waals surface area contributed by atoms with E-state index < -0.39 is 0 Å². The molecule has 1 aromatic rings. The van der Waals surface area contributed by atoms with E-state index in [0.29, 0.717) is 5.75 Å². The van der Waals surface area contributed by atoms with Gasteiger partial charge in [-0.2, -0.15) is 0 Å². The molecule has 0 unspecified atom stereocenters. The first-order valence-corrected chi connectivity index (χ1v) is 4.30. The van der Waals surface area contributed by atoms with Crippen molar-refractivity contribution in [1.29, 1.82) is 0 Å². The summed E-state index contributed by atoms with van der Waals surface area (Å²) in [5, 5.41) is 12.6. The van der Waals surface area contributed by atoms with Crippen LogP contribution in [0.15, 0.2) is 15.7 Å². The maximum Gasteiger partial charge on any atom is 0.139 e. The van der Waals surface area contributed by atoms with E-state index in [1.165, 1.54) is 11.3 Å². The number of aromatic hydroxyl groups is 1. The van der Waals surface area contributed by atoms with Gasteiger partial charge in [-0.25, -0.2) is 0 Å². The molecule has 0 bridgehead atoms. The number of thioether (sulfide) groups is 1. The Hall–Kier alpha value is -0.150. The normalized spacial score (nSPS) is 9.62. The summed E-state index contributed by atoms with van der Waals surface area (Å²) in [5.41, 5.74) is 0. The van der Waals surface area contributed by atoms with E-state index in [1.807, 2.05) is 11.6 Å². The van der Waals surface area contributed by atoms with Crippen LogP contribution in [0.2, 0.25) is 0 Å². The highest BCUT2D eigenvalue weighted by molar-refractivity contribution is 7.98. The quantitative estimate of drug-likeness (QED) is 0.613. The fourth-order valence-corrected chi connectivity index (χ4v) is 1.89. The maximum atomic E-state index is 8.94. The van der Waals surface area contributed by atoms with Gasteiger partial charge in [-0.1, -0.05) is 0 Å². The smallest absolute Gasteiger partial charge is 0.139 e. The van der Waals surface area contributed by atoms with Crippen LogP contribution in [0.25, 0.3) is 0 Å². The molecule has 1 N–H and O–H groups in total. The van der Waals surface area contributed by atoms with Crippen LogP contribution in [0.1, 0.15) is 0 Å². The van der Waals surface area contributed by atoms with Gasteiger partial charge < -0.3 is 5.11 Å². The van der Waals surface area contributed by atoms with Gasteiger partial charge in [0.15, 0.2) is 0 Å². The van der Waals surface area contributed by atoms with Crippen molar-refractivity contribution in [2.75, 3.05) is 6.26 Å². The van der Waals surface area contributed by atoms with E-state index in [1.54, 1.807) is 17.1 Å². The summed E-state index contributed by atoms with van der Waals surface area (Å²) in [6, 6.07) is 0. The van der Waals surface area contributed by atoms with Crippen molar-refractivity contribution in [3.8, 4) is 5.75 Å². The summed E-state index contributed by atoms with van der Waals surface area (Å²) < 4.78 is 0. The van der Waals surface area contributed by atoms with Crippen LogP contribution in [-0.2, 0) is 0 Å². The zero-order valence-electron chi connectivity index (χ0n) is 4.42. The average Bonchev–Trinajstić information content (AvgIpc) is 2.14. The fourth-order valence-electron chi connectivity index (χ4n) is 0.431. The van der Waals surface area contributed by atoms with Gasteiger partial charge in [0, 0.05) is 10.8 Å². The van der Waals surface area contributed by atoms with Gasteiger partial charge in [0.25, 0.3) is 0 Å². The highest BCUT2D eigenvalue weighted by Crippen LogP contribution is 2.29. The molecule has 0 radical (unpaired) electrons. The number of thiophene rings is 1. The molecule has 1 rings (SSSR count). The maximum absolute atomic E-state index is 8.94. The molecular formula is C5H6OS2. The first-order chi connectivity index (χ1) is 3.84. The molecule has 0 aliphatic rings. The molecule has 0 saturated heterocycles. The summed E-state index contributed by atoms with van der Waals surface area (Å²) in [6.07, 6.45) is 1.95. The van der Waals surface area contributed by atoms with Gasteiger partial charge in [0.05, 0.1) is 4.90 Å². The average molecular weight is 146 g/mol. The molecule has 0 spiro atoms. The van der Waals surface area contributed by atoms with Crippen molar-refractivity contribution in [2.24, 2.45) is 0 Å². The lowest BCUT2D eigenvalue weighted by Crippen LogP contribution is -1.57. The third-order valence-corrected chi connectivity index (χ3v) is 2.47. The molecular weight excluding hydrogens is 140 g/mol. The lowest BCUT2D eigenvalue weighted by atomic mass is 10.6. The lowest BCUT2D eigenvalue weighted by Gasteiger charge is -1.86. The summed E-state index contributed by atoms with van der Waals surface area (Å²) >= 11 is 3.08. The fraction of sp³-hybridized carbons (Fsp3) is 0.200. The second kappa shape index (κ2) is 2.42. The first-order valence-electron chi connectivity index (χ1n) is 2.13. The van der Waals surface area contributed by atoms with E-state index in [0.717, 1.165) is 4.90 Å². The molecule has 44 valence electrons. The van der Waals surface area contributed by atoms with Gasteiger partial charge >= 0.3 is 0 Å². The van der Waals surface area contributed by atoms with Gasteiger partial charge in [-0.15, -0.1) is 23.1 Å². The Balaban J connectivity index is 2.92. The molecule has 0 amide bonds. The topological polar surface area (TPSA) is 20.2 Å². The highest BCUT2D eigenvalue weighted by Gasteiger charge is 1.96. The zero-order chi connectivity index (χ0) is 5.98. The second-order valence-electron chi connectivity index (χ2n) is 1.33. The molecule has 0 fully saturated rings. The van der Waals surface area contributed by atoms with Gasteiger partial charge in [0.2, 0.25) is 0 Å². The molecule has 0 aromatic carbocycles. The summed E-state index contributed by atoms with van der Waals surface area (Å²) in [5.74, 6) is 0.405. The zero-order valence-corrected chi connectivity index (χ0v) is 6.05. The minimum Gasteiger partial charge on any atom is -0.506 e. The summed E-state index contributed by atoms with van der Waals surface area (Å²) in [6.45, 7) is 0. The van der Waals surface area contributed by atoms with Gasteiger partial charge in [-0.05, 0) is 6.26 Å². The van der Waals surface area contributed by atoms with Crippen molar-refractivity contribution in [3.05, 3.63) is 10.8 Å². The Kier molecular flexibility index (Phi) is 1.81. The first kappa shape index (κ1) is 5.98. The largest absolute Gasteiger partial charge is 0.506 e. The SMILES string of the molecule is CSc1cscc1O. The Bertz CT molecular complexity index is 171. The van der Waals surface area contributed by atoms with Gasteiger partial charge in [0.1, 0.15) is 5.75 Å². The van der Waals surface area contributed by atoms with Crippen LogP contribution in [0.4, 0.5) is 0 Å². The third kappa shape index (κ3) is 0.980. The van der Waals surface area contributed by atoms with Crippen LogP contribution in [0.5, 0.6) is 5.75 Å². The molecule has 0 saturated carbocycles. The van der Waals surface area contributed by atoms with Crippen LogP contribution < -0.4 is 0 Å². The molecule has 0 atom stereocenters. The van der Waals surface area contributed by atoms with E-state index >= 15 is 0 Å². The molecule has 0 aliphatic carbocycles. The van der Waals surface area contributed by atoms with E-state index in [-0.39, 0.29) is 0 Å². The van der Waals surface area contributed by atoms with Crippen molar-refractivity contribution in [3.63, 3.8) is 0 Å². The lowest BCUT2D eigenvalue weighted by molar-refractivity contribution is 0.466. The minimum atomic E-state index is 0.405. The second-order valence-corrected chi connectivity index (χ2v) is 2.92. The van der Waals surface area contributed by atoms with Crippen molar-refractivity contribution in [1.82, 2.24) is 0 Å². The number of hydrogen-bond acceptors (Lipinski definition) is 3. The highest BCUT2D eigenvalue weighted by atomic mass is 32.2. The van der Waals surface area contributed by atoms with Crippen LogP contribution in [0.3, 0.4) is 0 Å². The molecule has 8 heavy (non-hydrogen) atoms. The van der Waals surface area contributed by atoms with Crippen molar-refractivity contribution in [2.45, 2.75) is 4.90 Å². The predicted octanol–water partition coefficient (Wildman–Crippen LogP) is 2.18. The summed E-state index contributed by atoms with van der Waals surface area (Å²) in [7, 11) is 0. The minimum absolute atomic E-state index is 0.405. The predicted molar refractivity (Wildman–Crippen MR) is 37.8 cm³/mol. The van der Waals surface area contributed by atoms with E-state index in [9.17, 15) is 0 Å². The molecule has 1 aromatic heterocycles. The molecule has 1 heterocycles. The van der Waals surface area contributed by atoms with Crippen molar-refractivity contribution < 1.29 is 5.11 Å². The Morgan fingerprint density at radius 3 is 2.62 bits per heavy atom. The van der Waals surface area contributed by atoms with Crippen molar-refractivity contribution >= 4 is 23.1 Å². The Morgan fingerprint density at radius 1 is 1.62 bits per heavy atom. The Morgan fingerprint density at radius 2 is 2.38 bits per heavy atom. The third-order valence-electron chi connectivity index (χ3n) is 0.827. The standard InChI is InChI=1S/C5H6OS2/c1-7-5-3-8-2-4(5)6/h2-3,6H,1H3. The van der Waals surface area contributed by atoms with E-state index in [2.05, 4.69) is 0 Å².